The fraction of sp³-hybridized carbons (Fsp3) is 1.00. The summed E-state index contributed by atoms with van der Waals surface area (Å²) in [6.45, 7) is 9.21. The van der Waals surface area contributed by atoms with Gasteiger partial charge >= 0.3 is 0 Å². The standard InChI is InChI=1S/C7H16N.C6H14N/c1-3-8(2)6-4-5-7-8;1-7(2)5-3-4-6-7/h3-7H2,1-2H3;3-6H2,1-2H3/q2*+1. The quantitative estimate of drug-likeness (QED) is 0.587. The van der Waals surface area contributed by atoms with Crippen molar-refractivity contribution in [3.05, 3.63) is 0 Å². The van der Waals surface area contributed by atoms with E-state index in [2.05, 4.69) is 28.1 Å². The molecule has 0 N–H and O–H groups in total. The summed E-state index contributed by atoms with van der Waals surface area (Å²) in [7, 11) is 6.95. The summed E-state index contributed by atoms with van der Waals surface area (Å²) in [6, 6.07) is 0. The zero-order valence-electron chi connectivity index (χ0n) is 11.3. The molecule has 0 radical (unpaired) electrons. The Morgan fingerprint density at radius 1 is 0.733 bits per heavy atom. The second-order valence-electron chi connectivity index (χ2n) is 6.18. The predicted octanol–water partition coefficient (Wildman–Crippen LogP) is 2.10. The Hall–Kier alpha value is -0.0800. The zero-order valence-corrected chi connectivity index (χ0v) is 11.3. The SMILES string of the molecule is CC[N+]1(C)CCCC1.C[N+]1(C)CCCC1. The first-order chi connectivity index (χ1) is 6.97. The van der Waals surface area contributed by atoms with Crippen molar-refractivity contribution in [2.24, 2.45) is 0 Å². The molecule has 0 aromatic heterocycles. The molecule has 0 spiro atoms. The third kappa shape index (κ3) is 4.52. The lowest BCUT2D eigenvalue weighted by Crippen LogP contribution is -2.40. The van der Waals surface area contributed by atoms with Gasteiger partial charge in [-0.3, -0.25) is 0 Å². The highest BCUT2D eigenvalue weighted by atomic mass is 15.3. The summed E-state index contributed by atoms with van der Waals surface area (Å²) in [5.74, 6) is 0. The van der Waals surface area contributed by atoms with Gasteiger partial charge in [-0.15, -0.1) is 0 Å². The van der Waals surface area contributed by atoms with Crippen LogP contribution < -0.4 is 0 Å². The molecule has 2 heterocycles. The van der Waals surface area contributed by atoms with Gasteiger partial charge in [0.1, 0.15) is 0 Å². The highest BCUT2D eigenvalue weighted by Gasteiger charge is 2.23. The third-order valence-electron chi connectivity index (χ3n) is 4.19. The Labute approximate surface area is 96.1 Å². The number of hydrogen-bond acceptors (Lipinski definition) is 0. The van der Waals surface area contributed by atoms with Gasteiger partial charge in [0.2, 0.25) is 0 Å². The first-order valence-corrected chi connectivity index (χ1v) is 6.63. The molecular weight excluding hydrogens is 184 g/mol. The summed E-state index contributed by atoms with van der Waals surface area (Å²) in [4.78, 5) is 0. The number of rotatable bonds is 1. The van der Waals surface area contributed by atoms with E-state index in [0.29, 0.717) is 0 Å². The van der Waals surface area contributed by atoms with E-state index >= 15 is 0 Å². The third-order valence-corrected chi connectivity index (χ3v) is 4.19. The van der Waals surface area contributed by atoms with Gasteiger partial charge in [0.05, 0.1) is 53.9 Å². The van der Waals surface area contributed by atoms with Crippen LogP contribution in [0.25, 0.3) is 0 Å². The van der Waals surface area contributed by atoms with Crippen molar-refractivity contribution in [1.82, 2.24) is 0 Å². The van der Waals surface area contributed by atoms with Crippen LogP contribution in [0.3, 0.4) is 0 Å². The molecule has 0 saturated carbocycles. The minimum absolute atomic E-state index is 1.25. The lowest BCUT2D eigenvalue weighted by molar-refractivity contribution is -0.895. The van der Waals surface area contributed by atoms with Crippen molar-refractivity contribution in [2.45, 2.75) is 32.6 Å². The maximum Gasteiger partial charge on any atom is 0.0786 e. The Morgan fingerprint density at radius 3 is 1.33 bits per heavy atom. The highest BCUT2D eigenvalue weighted by Crippen LogP contribution is 2.14. The molecule has 0 unspecified atom stereocenters. The van der Waals surface area contributed by atoms with Gasteiger partial charge < -0.3 is 8.97 Å². The monoisotopic (exact) mass is 214 g/mol. The fourth-order valence-corrected chi connectivity index (χ4v) is 2.61. The molecule has 2 aliphatic rings. The van der Waals surface area contributed by atoms with E-state index in [4.69, 9.17) is 0 Å². The van der Waals surface area contributed by atoms with Gasteiger partial charge in [-0.25, -0.2) is 0 Å². The van der Waals surface area contributed by atoms with Crippen LogP contribution in [0.4, 0.5) is 0 Å². The molecule has 2 nitrogen and oxygen atoms in total. The van der Waals surface area contributed by atoms with Crippen LogP contribution in [0, 0.1) is 0 Å². The predicted molar refractivity (Wildman–Crippen MR) is 66.8 cm³/mol. The topological polar surface area (TPSA) is 0 Å². The van der Waals surface area contributed by atoms with Gasteiger partial charge in [0, 0.05) is 25.7 Å². The fourth-order valence-electron chi connectivity index (χ4n) is 2.61. The molecule has 0 aromatic rings. The van der Waals surface area contributed by atoms with Gasteiger partial charge in [0.25, 0.3) is 0 Å². The molecule has 2 aliphatic heterocycles. The molecule has 2 heteroatoms. The maximum atomic E-state index is 2.35. The summed E-state index contributed by atoms with van der Waals surface area (Å²) in [6.07, 6.45) is 5.77. The lowest BCUT2D eigenvalue weighted by atomic mass is 10.4. The summed E-state index contributed by atoms with van der Waals surface area (Å²) in [5.41, 5.74) is 0. The van der Waals surface area contributed by atoms with Gasteiger partial charge in [-0.1, -0.05) is 0 Å². The smallest absolute Gasteiger partial charge is 0.0786 e. The van der Waals surface area contributed by atoms with Crippen LogP contribution >= 0.6 is 0 Å². The van der Waals surface area contributed by atoms with E-state index in [0.717, 1.165) is 0 Å². The Kier molecular flexibility index (Phi) is 4.60. The van der Waals surface area contributed by atoms with Crippen LogP contribution in [0.5, 0.6) is 0 Å². The summed E-state index contributed by atoms with van der Waals surface area (Å²) in [5, 5.41) is 0. The number of likely N-dealkylation sites (tertiary alicyclic amines) is 2. The maximum absolute atomic E-state index is 2.35. The molecule has 0 aliphatic carbocycles. The largest absolute Gasteiger partial charge is 0.328 e. The number of nitrogens with zero attached hydrogens (tertiary/aromatic N) is 2. The van der Waals surface area contributed by atoms with Crippen LogP contribution in [-0.4, -0.2) is 62.8 Å². The second kappa shape index (κ2) is 5.31. The molecule has 2 saturated heterocycles. The molecule has 0 aromatic carbocycles. The van der Waals surface area contributed by atoms with Crippen molar-refractivity contribution in [3.8, 4) is 0 Å². The first-order valence-electron chi connectivity index (χ1n) is 6.63. The Balaban J connectivity index is 0.000000151. The Bertz CT molecular complexity index is 173. The molecular formula is C13H30N2+2. The van der Waals surface area contributed by atoms with Crippen LogP contribution in [0.15, 0.2) is 0 Å². The van der Waals surface area contributed by atoms with Crippen molar-refractivity contribution < 1.29 is 8.97 Å². The average Bonchev–Trinajstić information content (AvgIpc) is 2.77. The molecule has 2 rings (SSSR count). The van der Waals surface area contributed by atoms with Gasteiger partial charge in [-0.05, 0) is 6.92 Å². The lowest BCUT2D eigenvalue weighted by Gasteiger charge is -2.26. The van der Waals surface area contributed by atoms with Crippen molar-refractivity contribution in [3.63, 3.8) is 0 Å². The Morgan fingerprint density at radius 2 is 1.13 bits per heavy atom. The van der Waals surface area contributed by atoms with E-state index in [1.807, 2.05) is 0 Å². The summed E-state index contributed by atoms with van der Waals surface area (Å²) < 4.78 is 2.57. The van der Waals surface area contributed by atoms with E-state index in [-0.39, 0.29) is 0 Å². The van der Waals surface area contributed by atoms with Gasteiger partial charge in [0.15, 0.2) is 0 Å². The van der Waals surface area contributed by atoms with E-state index < -0.39 is 0 Å². The van der Waals surface area contributed by atoms with E-state index in [9.17, 15) is 0 Å². The molecule has 0 atom stereocenters. The number of quaternary nitrogens is 2. The molecule has 15 heavy (non-hydrogen) atoms. The summed E-state index contributed by atoms with van der Waals surface area (Å²) >= 11 is 0. The van der Waals surface area contributed by atoms with Crippen LogP contribution in [0.1, 0.15) is 32.6 Å². The minimum Gasteiger partial charge on any atom is -0.328 e. The van der Waals surface area contributed by atoms with Crippen molar-refractivity contribution in [1.29, 1.82) is 0 Å². The normalized spacial score (nSPS) is 27.2. The average molecular weight is 214 g/mol. The van der Waals surface area contributed by atoms with E-state index in [1.165, 1.54) is 67.4 Å². The molecule has 2 fully saturated rings. The zero-order chi connectivity index (χ0) is 11.4. The van der Waals surface area contributed by atoms with Crippen molar-refractivity contribution in [2.75, 3.05) is 53.9 Å². The molecule has 90 valence electrons. The van der Waals surface area contributed by atoms with Crippen LogP contribution in [-0.2, 0) is 0 Å². The number of hydrogen-bond donors (Lipinski definition) is 0. The van der Waals surface area contributed by atoms with Gasteiger partial charge in [-0.2, -0.15) is 0 Å². The van der Waals surface area contributed by atoms with E-state index in [1.54, 1.807) is 0 Å². The highest BCUT2D eigenvalue weighted by molar-refractivity contribution is 4.49. The molecule has 0 bridgehead atoms. The second-order valence-corrected chi connectivity index (χ2v) is 6.18. The minimum atomic E-state index is 1.25. The molecule has 0 amide bonds. The van der Waals surface area contributed by atoms with Crippen LogP contribution in [0.2, 0.25) is 0 Å². The first kappa shape index (κ1) is 13.0. The van der Waals surface area contributed by atoms with Crippen molar-refractivity contribution >= 4 is 0 Å².